The van der Waals surface area contributed by atoms with Gasteiger partial charge in [-0.2, -0.15) is 0 Å². The van der Waals surface area contributed by atoms with E-state index in [9.17, 15) is 0 Å². The molecule has 0 saturated carbocycles. The van der Waals surface area contributed by atoms with Gasteiger partial charge in [0.25, 0.3) is 0 Å². The van der Waals surface area contributed by atoms with E-state index >= 15 is 0 Å². The van der Waals surface area contributed by atoms with Crippen molar-refractivity contribution in [3.05, 3.63) is 22.8 Å². The lowest BCUT2D eigenvalue weighted by atomic mass is 10.2. The lowest BCUT2D eigenvalue weighted by Gasteiger charge is -2.14. The Morgan fingerprint density at radius 1 is 1.60 bits per heavy atom. The summed E-state index contributed by atoms with van der Waals surface area (Å²) in [7, 11) is 0. The summed E-state index contributed by atoms with van der Waals surface area (Å²) >= 11 is 6.01. The van der Waals surface area contributed by atoms with Crippen LogP contribution < -0.4 is 10.5 Å². The van der Waals surface area contributed by atoms with Crippen molar-refractivity contribution in [2.75, 3.05) is 0 Å². The van der Waals surface area contributed by atoms with Crippen molar-refractivity contribution in [2.45, 2.75) is 39.3 Å². The van der Waals surface area contributed by atoms with Crippen LogP contribution in [0.15, 0.2) is 12.3 Å². The van der Waals surface area contributed by atoms with E-state index in [0.29, 0.717) is 17.4 Å². The summed E-state index contributed by atoms with van der Waals surface area (Å²) in [5, 5.41) is 0.529. The smallest absolute Gasteiger partial charge is 0.232 e. The highest BCUT2D eigenvalue weighted by molar-refractivity contribution is 6.31. The maximum absolute atomic E-state index is 6.01. The van der Waals surface area contributed by atoms with Gasteiger partial charge in [-0.25, -0.2) is 4.98 Å². The molecule has 1 unspecified atom stereocenters. The topological polar surface area (TPSA) is 48.1 Å². The first-order valence-electron chi connectivity index (χ1n) is 5.18. The van der Waals surface area contributed by atoms with E-state index in [1.807, 2.05) is 6.92 Å². The van der Waals surface area contributed by atoms with E-state index in [-0.39, 0.29) is 6.10 Å². The van der Waals surface area contributed by atoms with Gasteiger partial charge in [0.2, 0.25) is 5.88 Å². The van der Waals surface area contributed by atoms with Gasteiger partial charge >= 0.3 is 0 Å². The number of aromatic nitrogens is 1. The first-order chi connectivity index (χ1) is 7.17. The van der Waals surface area contributed by atoms with E-state index in [2.05, 4.69) is 11.9 Å². The van der Waals surface area contributed by atoms with Gasteiger partial charge < -0.3 is 10.5 Å². The number of nitrogens with two attached hydrogens (primary N) is 1. The van der Waals surface area contributed by atoms with Crippen LogP contribution in [0.1, 0.15) is 32.3 Å². The predicted octanol–water partition coefficient (Wildman–Crippen LogP) is 2.76. The fraction of sp³-hybridized carbons (Fsp3) is 0.545. The van der Waals surface area contributed by atoms with E-state index < -0.39 is 0 Å². The number of halogens is 1. The highest BCUT2D eigenvalue weighted by atomic mass is 35.5. The van der Waals surface area contributed by atoms with E-state index in [4.69, 9.17) is 22.1 Å². The van der Waals surface area contributed by atoms with E-state index in [1.165, 1.54) is 0 Å². The Kier molecular flexibility index (Phi) is 4.85. The molecule has 0 radical (unpaired) electrons. The summed E-state index contributed by atoms with van der Waals surface area (Å²) in [5.41, 5.74) is 6.39. The zero-order chi connectivity index (χ0) is 11.3. The summed E-state index contributed by atoms with van der Waals surface area (Å²) in [4.78, 5) is 4.14. The molecule has 0 aromatic carbocycles. The lowest BCUT2D eigenvalue weighted by Crippen LogP contribution is -2.12. The zero-order valence-electron chi connectivity index (χ0n) is 9.16. The molecule has 15 heavy (non-hydrogen) atoms. The number of pyridine rings is 1. The summed E-state index contributed by atoms with van der Waals surface area (Å²) in [6.45, 7) is 4.57. The van der Waals surface area contributed by atoms with Crippen LogP contribution >= 0.6 is 11.6 Å². The molecule has 0 bridgehead atoms. The van der Waals surface area contributed by atoms with E-state index in [0.717, 1.165) is 18.4 Å². The number of nitrogens with zero attached hydrogens (tertiary/aromatic N) is 1. The summed E-state index contributed by atoms with van der Waals surface area (Å²) < 4.78 is 5.60. The normalized spacial score (nSPS) is 12.5. The Bertz CT molecular complexity index is 317. The van der Waals surface area contributed by atoms with Gasteiger partial charge in [-0.15, -0.1) is 0 Å². The first kappa shape index (κ1) is 12.3. The van der Waals surface area contributed by atoms with Gasteiger partial charge in [-0.1, -0.05) is 24.9 Å². The van der Waals surface area contributed by atoms with Crippen LogP contribution in [0.2, 0.25) is 5.02 Å². The van der Waals surface area contributed by atoms with Gasteiger partial charge in [0, 0.05) is 12.7 Å². The second-order valence-electron chi connectivity index (χ2n) is 3.55. The number of ether oxygens (including phenoxy) is 1. The third kappa shape index (κ3) is 3.68. The zero-order valence-corrected chi connectivity index (χ0v) is 9.92. The molecular formula is C11H17ClN2O. The fourth-order valence-electron chi connectivity index (χ4n) is 1.32. The number of hydrogen-bond donors (Lipinski definition) is 1. The van der Waals surface area contributed by atoms with Crippen LogP contribution in [0.4, 0.5) is 0 Å². The lowest BCUT2D eigenvalue weighted by molar-refractivity contribution is 0.201. The van der Waals surface area contributed by atoms with Gasteiger partial charge in [-0.05, 0) is 25.0 Å². The minimum atomic E-state index is 0.142. The predicted molar refractivity (Wildman–Crippen MR) is 62.1 cm³/mol. The molecule has 1 aromatic heterocycles. The SMILES string of the molecule is CCCC(C)Oc1ncc(CN)cc1Cl. The van der Waals surface area contributed by atoms with Crippen molar-refractivity contribution < 1.29 is 4.74 Å². The molecule has 0 fully saturated rings. The molecule has 0 saturated heterocycles. The van der Waals surface area contributed by atoms with Crippen LogP contribution in [0.25, 0.3) is 0 Å². The molecule has 1 atom stereocenters. The maximum atomic E-state index is 6.01. The van der Waals surface area contributed by atoms with Crippen LogP contribution in [0.5, 0.6) is 5.88 Å². The highest BCUT2D eigenvalue weighted by Crippen LogP contribution is 2.23. The minimum Gasteiger partial charge on any atom is -0.474 e. The molecule has 0 aliphatic rings. The molecular weight excluding hydrogens is 212 g/mol. The Morgan fingerprint density at radius 2 is 2.33 bits per heavy atom. The van der Waals surface area contributed by atoms with Crippen molar-refractivity contribution in [1.29, 1.82) is 0 Å². The number of hydrogen-bond acceptors (Lipinski definition) is 3. The standard InChI is InChI=1S/C11H17ClN2O/c1-3-4-8(2)15-11-10(12)5-9(6-13)7-14-11/h5,7-8H,3-4,6,13H2,1-2H3. The fourth-order valence-corrected chi connectivity index (χ4v) is 1.55. The van der Waals surface area contributed by atoms with Gasteiger partial charge in [0.15, 0.2) is 0 Å². The third-order valence-electron chi connectivity index (χ3n) is 2.11. The van der Waals surface area contributed by atoms with Crippen LogP contribution in [0.3, 0.4) is 0 Å². The average molecular weight is 229 g/mol. The summed E-state index contributed by atoms with van der Waals surface area (Å²) in [5.74, 6) is 0.495. The van der Waals surface area contributed by atoms with E-state index in [1.54, 1.807) is 12.3 Å². The van der Waals surface area contributed by atoms with Gasteiger partial charge in [-0.3, -0.25) is 0 Å². The minimum absolute atomic E-state index is 0.142. The molecule has 1 rings (SSSR count). The average Bonchev–Trinajstić information content (AvgIpc) is 2.21. The highest BCUT2D eigenvalue weighted by Gasteiger charge is 2.08. The molecule has 0 aliphatic carbocycles. The molecule has 4 heteroatoms. The second-order valence-corrected chi connectivity index (χ2v) is 3.96. The molecule has 3 nitrogen and oxygen atoms in total. The van der Waals surface area contributed by atoms with Crippen molar-refractivity contribution in [3.8, 4) is 5.88 Å². The Morgan fingerprint density at radius 3 is 2.87 bits per heavy atom. The van der Waals surface area contributed by atoms with Crippen LogP contribution in [0, 0.1) is 0 Å². The van der Waals surface area contributed by atoms with Crippen molar-refractivity contribution in [2.24, 2.45) is 5.73 Å². The Labute approximate surface area is 95.6 Å². The largest absolute Gasteiger partial charge is 0.474 e. The van der Waals surface area contributed by atoms with Crippen molar-refractivity contribution in [3.63, 3.8) is 0 Å². The quantitative estimate of drug-likeness (QED) is 0.843. The van der Waals surface area contributed by atoms with Gasteiger partial charge in [0.05, 0.1) is 6.10 Å². The molecule has 1 heterocycles. The van der Waals surface area contributed by atoms with Gasteiger partial charge in [0.1, 0.15) is 5.02 Å². The molecule has 0 spiro atoms. The van der Waals surface area contributed by atoms with Crippen LogP contribution in [-0.4, -0.2) is 11.1 Å². The maximum Gasteiger partial charge on any atom is 0.232 e. The third-order valence-corrected chi connectivity index (χ3v) is 2.38. The molecule has 0 aliphatic heterocycles. The monoisotopic (exact) mass is 228 g/mol. The second kappa shape index (κ2) is 5.93. The summed E-state index contributed by atoms with van der Waals surface area (Å²) in [6, 6.07) is 1.79. The molecule has 2 N–H and O–H groups in total. The van der Waals surface area contributed by atoms with Crippen LogP contribution in [-0.2, 0) is 6.54 Å². The van der Waals surface area contributed by atoms with Crippen molar-refractivity contribution >= 4 is 11.6 Å². The number of rotatable bonds is 5. The molecule has 0 amide bonds. The molecule has 1 aromatic rings. The summed E-state index contributed by atoms with van der Waals surface area (Å²) in [6.07, 6.45) is 3.92. The Balaban J connectivity index is 2.69. The molecule has 84 valence electrons. The Hall–Kier alpha value is -0.800. The first-order valence-corrected chi connectivity index (χ1v) is 5.56. The van der Waals surface area contributed by atoms with Crippen molar-refractivity contribution in [1.82, 2.24) is 4.98 Å².